The van der Waals surface area contributed by atoms with Crippen LogP contribution in [0, 0.1) is 0 Å². The van der Waals surface area contributed by atoms with Crippen LogP contribution in [-0.2, 0) is 7.05 Å². The number of rotatable bonds is 8. The van der Waals surface area contributed by atoms with Crippen molar-refractivity contribution in [2.45, 2.75) is 87.5 Å². The van der Waals surface area contributed by atoms with Gasteiger partial charge >= 0.3 is 0 Å². The highest BCUT2D eigenvalue weighted by molar-refractivity contribution is 6.00. The summed E-state index contributed by atoms with van der Waals surface area (Å²) in [6, 6.07) is 7.78. The molecule has 0 amide bonds. The minimum atomic E-state index is 0.481. The van der Waals surface area contributed by atoms with Crippen molar-refractivity contribution >= 4 is 16.9 Å². The molecule has 2 aromatic heterocycles. The third kappa shape index (κ3) is 16.1. The summed E-state index contributed by atoms with van der Waals surface area (Å²) >= 11 is 0. The normalized spacial score (nSPS) is 10.1. The maximum absolute atomic E-state index is 6.01. The number of aromatic nitrogens is 3. The Morgan fingerprint density at radius 2 is 1.41 bits per heavy atom. The van der Waals surface area contributed by atoms with E-state index in [-0.39, 0.29) is 0 Å². The SMILES string of the molecule is C/C=C\C.C/C=C\C.C=C/C=C/Oc1ccc(-c2cn(C)c3ncnc(N)c23)cc1.CC.CCCCCCC. The van der Waals surface area contributed by atoms with Crippen LogP contribution in [0.4, 0.5) is 5.82 Å². The van der Waals surface area contributed by atoms with Gasteiger partial charge < -0.3 is 15.0 Å². The van der Waals surface area contributed by atoms with Crippen LogP contribution < -0.4 is 10.5 Å². The molecule has 0 atom stereocenters. The Hall–Kier alpha value is -3.60. The molecule has 0 radical (unpaired) electrons. The fraction of sp³-hybridized carbons (Fsp3) is 0.412. The van der Waals surface area contributed by atoms with Gasteiger partial charge in [0.15, 0.2) is 0 Å². The van der Waals surface area contributed by atoms with Crippen LogP contribution in [0.15, 0.2) is 86.1 Å². The molecule has 2 N–H and O–H groups in total. The first-order chi connectivity index (χ1) is 18.9. The zero-order valence-electron chi connectivity index (χ0n) is 26.1. The van der Waals surface area contributed by atoms with E-state index in [4.69, 9.17) is 10.5 Å². The van der Waals surface area contributed by atoms with Crippen LogP contribution in [-0.4, -0.2) is 14.5 Å². The van der Waals surface area contributed by atoms with Crippen LogP contribution in [0.5, 0.6) is 5.75 Å². The van der Waals surface area contributed by atoms with Crippen LogP contribution >= 0.6 is 0 Å². The number of nitrogens with two attached hydrogens (primary N) is 1. The van der Waals surface area contributed by atoms with E-state index >= 15 is 0 Å². The number of unbranched alkanes of at least 4 members (excludes halogenated alkanes) is 4. The molecule has 39 heavy (non-hydrogen) atoms. The topological polar surface area (TPSA) is 66.0 Å². The van der Waals surface area contributed by atoms with E-state index in [9.17, 15) is 0 Å². The van der Waals surface area contributed by atoms with Crippen LogP contribution in [0.3, 0.4) is 0 Å². The molecular weight excluding hydrogens is 480 g/mol. The summed E-state index contributed by atoms with van der Waals surface area (Å²) in [5.41, 5.74) is 8.87. The largest absolute Gasteiger partial charge is 0.465 e. The second-order valence-corrected chi connectivity index (χ2v) is 8.21. The van der Waals surface area contributed by atoms with E-state index in [1.165, 1.54) is 38.4 Å². The summed E-state index contributed by atoms with van der Waals surface area (Å²) in [7, 11) is 1.94. The van der Waals surface area contributed by atoms with E-state index in [0.717, 1.165) is 27.9 Å². The predicted molar refractivity (Wildman–Crippen MR) is 175 cm³/mol. The molecule has 0 aliphatic rings. The molecule has 0 saturated carbocycles. The highest BCUT2D eigenvalue weighted by Gasteiger charge is 2.13. The Kier molecular flexibility index (Phi) is 25.1. The number of ether oxygens (including phenoxy) is 1. The van der Waals surface area contributed by atoms with Crippen molar-refractivity contribution in [2.75, 3.05) is 5.73 Å². The van der Waals surface area contributed by atoms with Crippen molar-refractivity contribution in [1.82, 2.24) is 14.5 Å². The molecule has 0 fully saturated rings. The molecule has 0 saturated heterocycles. The average molecular weight is 535 g/mol. The second-order valence-electron chi connectivity index (χ2n) is 8.21. The van der Waals surface area contributed by atoms with E-state index in [0.29, 0.717) is 5.82 Å². The molecule has 5 heteroatoms. The van der Waals surface area contributed by atoms with Crippen molar-refractivity contribution in [1.29, 1.82) is 0 Å². The van der Waals surface area contributed by atoms with Gasteiger partial charge in [-0.3, -0.25) is 0 Å². The molecule has 0 bridgehead atoms. The van der Waals surface area contributed by atoms with Crippen LogP contribution in [0.1, 0.15) is 87.5 Å². The minimum Gasteiger partial charge on any atom is -0.465 e. The van der Waals surface area contributed by atoms with Gasteiger partial charge in [-0.15, -0.1) is 0 Å². The lowest BCUT2D eigenvalue weighted by molar-refractivity contribution is 0.481. The standard InChI is InChI=1S/C17H16N4O.C7H16.2C4H8.C2H6/c1-3-4-9-22-13-7-5-12(6-8-13)14-10-21(2)17-15(14)16(18)19-11-20-17;1-3-5-7-6-4-2;2*1-3-4-2;1-2/h3-11H,1H2,2H3,(H2,18,19,20);3-7H2,1-2H3;2*3-4H,1-2H3;1-2H3/b9-4+;;2*4-3-;. The number of allylic oxidation sites excluding steroid dienone is 6. The number of nitrogen functional groups attached to an aromatic ring is 1. The zero-order valence-corrected chi connectivity index (χ0v) is 26.1. The number of anilines is 1. The van der Waals surface area contributed by atoms with Gasteiger partial charge in [0.25, 0.3) is 0 Å². The molecule has 0 aliphatic heterocycles. The summed E-state index contributed by atoms with van der Waals surface area (Å²) in [6.07, 6.45) is 23.5. The lowest BCUT2D eigenvalue weighted by Gasteiger charge is -2.03. The minimum absolute atomic E-state index is 0.481. The molecule has 216 valence electrons. The smallest absolute Gasteiger partial charge is 0.145 e. The second kappa shape index (κ2) is 26.0. The molecule has 0 spiro atoms. The molecule has 5 nitrogen and oxygen atoms in total. The highest BCUT2D eigenvalue weighted by atomic mass is 16.5. The Labute approximate surface area is 239 Å². The fourth-order valence-electron chi connectivity index (χ4n) is 3.02. The zero-order chi connectivity index (χ0) is 29.9. The van der Waals surface area contributed by atoms with Crippen molar-refractivity contribution in [3.8, 4) is 16.9 Å². The first-order valence-electron chi connectivity index (χ1n) is 14.2. The number of hydrogen-bond acceptors (Lipinski definition) is 4. The van der Waals surface area contributed by atoms with Gasteiger partial charge in [0.2, 0.25) is 0 Å². The van der Waals surface area contributed by atoms with Crippen molar-refractivity contribution in [2.24, 2.45) is 7.05 Å². The Bertz CT molecular complexity index is 1050. The number of benzene rings is 1. The van der Waals surface area contributed by atoms with Crippen molar-refractivity contribution in [3.63, 3.8) is 0 Å². The van der Waals surface area contributed by atoms with Gasteiger partial charge in [-0.2, -0.15) is 0 Å². The Morgan fingerprint density at radius 1 is 0.872 bits per heavy atom. The predicted octanol–water partition coefficient (Wildman–Crippen LogP) is 10.5. The van der Waals surface area contributed by atoms with Gasteiger partial charge in [-0.25, -0.2) is 9.97 Å². The van der Waals surface area contributed by atoms with Gasteiger partial charge in [0.05, 0.1) is 11.6 Å². The summed E-state index contributed by atoms with van der Waals surface area (Å²) in [4.78, 5) is 8.37. The van der Waals surface area contributed by atoms with E-state index in [1.807, 2.05) is 108 Å². The quantitative estimate of drug-likeness (QED) is 0.135. The summed E-state index contributed by atoms with van der Waals surface area (Å²) in [6.45, 7) is 20.1. The molecule has 1 aromatic carbocycles. The fourth-order valence-corrected chi connectivity index (χ4v) is 3.02. The van der Waals surface area contributed by atoms with Gasteiger partial charge in [0.1, 0.15) is 23.5 Å². The Balaban J connectivity index is 0. The first-order valence-corrected chi connectivity index (χ1v) is 14.2. The monoisotopic (exact) mass is 534 g/mol. The van der Waals surface area contributed by atoms with Gasteiger partial charge in [-0.1, -0.05) is 109 Å². The van der Waals surface area contributed by atoms with Gasteiger partial charge in [-0.05, 0) is 51.5 Å². The molecular formula is C34H54N4O. The third-order valence-corrected chi connectivity index (χ3v) is 5.24. The first kappa shape index (κ1) is 37.6. The summed E-state index contributed by atoms with van der Waals surface area (Å²) in [5, 5.41) is 0.866. The maximum Gasteiger partial charge on any atom is 0.145 e. The van der Waals surface area contributed by atoms with Crippen molar-refractivity contribution < 1.29 is 4.74 Å². The molecule has 3 rings (SSSR count). The van der Waals surface area contributed by atoms with Gasteiger partial charge in [0, 0.05) is 18.8 Å². The van der Waals surface area contributed by atoms with Crippen LogP contribution in [0.25, 0.3) is 22.2 Å². The molecule has 0 unspecified atom stereocenters. The van der Waals surface area contributed by atoms with E-state index in [1.54, 1.807) is 18.4 Å². The number of fused-ring (bicyclic) bond motifs is 1. The average Bonchev–Trinajstić information content (AvgIpc) is 3.33. The third-order valence-electron chi connectivity index (χ3n) is 5.24. The van der Waals surface area contributed by atoms with E-state index < -0.39 is 0 Å². The van der Waals surface area contributed by atoms with E-state index in [2.05, 4.69) is 30.4 Å². The Morgan fingerprint density at radius 3 is 1.87 bits per heavy atom. The lowest BCUT2D eigenvalue weighted by Crippen LogP contribution is -1.94. The van der Waals surface area contributed by atoms with Crippen LogP contribution in [0.2, 0.25) is 0 Å². The lowest BCUT2D eigenvalue weighted by atomic mass is 10.1. The maximum atomic E-state index is 6.01. The van der Waals surface area contributed by atoms with Crippen molar-refractivity contribution in [3.05, 3.63) is 86.1 Å². The molecule has 0 aliphatic carbocycles. The molecule has 2 heterocycles. The number of hydrogen-bond donors (Lipinski definition) is 1. The number of nitrogens with zero attached hydrogens (tertiary/aromatic N) is 3. The highest BCUT2D eigenvalue weighted by Crippen LogP contribution is 2.32. The summed E-state index contributed by atoms with van der Waals surface area (Å²) in [5.74, 6) is 1.24. The number of aryl methyl sites for hydroxylation is 1. The summed E-state index contributed by atoms with van der Waals surface area (Å²) < 4.78 is 7.39. The molecule has 3 aromatic rings.